The molecule has 0 unspecified atom stereocenters. The van der Waals surface area contributed by atoms with E-state index in [-0.39, 0.29) is 0 Å². The van der Waals surface area contributed by atoms with Crippen LogP contribution in [0.3, 0.4) is 0 Å². The highest BCUT2D eigenvalue weighted by atomic mass is 15.0. The molecular formula is C43H26N2. The van der Waals surface area contributed by atoms with Gasteiger partial charge in [-0.2, -0.15) is 0 Å². The van der Waals surface area contributed by atoms with Gasteiger partial charge in [-0.15, -0.1) is 0 Å². The molecule has 0 atom stereocenters. The van der Waals surface area contributed by atoms with Crippen molar-refractivity contribution in [2.45, 2.75) is 0 Å². The summed E-state index contributed by atoms with van der Waals surface area (Å²) in [6.07, 6.45) is 2.02. The number of para-hydroxylation sites is 2. The molecule has 0 saturated carbocycles. The van der Waals surface area contributed by atoms with Crippen LogP contribution in [0.4, 0.5) is 0 Å². The van der Waals surface area contributed by atoms with Crippen molar-refractivity contribution in [3.8, 4) is 50.2 Å². The fourth-order valence-corrected chi connectivity index (χ4v) is 7.58. The molecule has 0 saturated heterocycles. The zero-order chi connectivity index (χ0) is 29.5. The van der Waals surface area contributed by atoms with Crippen molar-refractivity contribution in [2.75, 3.05) is 0 Å². The van der Waals surface area contributed by atoms with E-state index in [1.54, 1.807) is 0 Å². The highest BCUT2D eigenvalue weighted by Gasteiger charge is 2.22. The molecule has 0 amide bonds. The Morgan fingerprint density at radius 3 is 1.87 bits per heavy atom. The Morgan fingerprint density at radius 2 is 1.02 bits per heavy atom. The van der Waals surface area contributed by atoms with E-state index in [4.69, 9.17) is 4.98 Å². The number of hydrogen-bond acceptors (Lipinski definition) is 1. The molecule has 0 spiro atoms. The second-order valence-electron chi connectivity index (χ2n) is 12.0. The molecule has 2 heteroatoms. The first kappa shape index (κ1) is 24.5. The molecule has 10 rings (SSSR count). The molecule has 7 aromatic carbocycles. The average molecular weight is 571 g/mol. The molecule has 2 aromatic heterocycles. The van der Waals surface area contributed by atoms with Crippen molar-refractivity contribution >= 4 is 43.5 Å². The summed E-state index contributed by atoms with van der Waals surface area (Å²) in [5, 5.41) is 6.34. The van der Waals surface area contributed by atoms with Gasteiger partial charge in [0.05, 0.1) is 22.7 Å². The van der Waals surface area contributed by atoms with Crippen LogP contribution in [0, 0.1) is 0 Å². The lowest BCUT2D eigenvalue weighted by Crippen LogP contribution is -1.94. The summed E-state index contributed by atoms with van der Waals surface area (Å²) in [6, 6.07) is 55.1. The first-order valence-electron chi connectivity index (χ1n) is 15.5. The topological polar surface area (TPSA) is 17.8 Å². The van der Waals surface area contributed by atoms with Gasteiger partial charge in [-0.3, -0.25) is 4.98 Å². The zero-order valence-electron chi connectivity index (χ0n) is 24.4. The Labute approximate surface area is 260 Å². The number of aromatic nitrogens is 2. The van der Waals surface area contributed by atoms with E-state index < -0.39 is 0 Å². The molecule has 0 bridgehead atoms. The maximum absolute atomic E-state index is 4.84. The van der Waals surface area contributed by atoms with Gasteiger partial charge in [-0.1, -0.05) is 127 Å². The molecule has 0 N–H and O–H groups in total. The Balaban J connectivity index is 1.12. The van der Waals surface area contributed by atoms with Crippen molar-refractivity contribution in [2.24, 2.45) is 0 Å². The first-order chi connectivity index (χ1) is 22.3. The van der Waals surface area contributed by atoms with E-state index in [0.717, 1.165) is 16.7 Å². The summed E-state index contributed by atoms with van der Waals surface area (Å²) >= 11 is 0. The van der Waals surface area contributed by atoms with E-state index in [2.05, 4.69) is 156 Å². The standard InChI is InChI=1S/C43H26N2/c1-2-9-30(10-3-1)45-40-25-29(21-22-38(40)43-37-13-6-7-16-39(37)44-26-41(43)45)27-17-19-28(20-18-27)31-23-24-36-33-12-5-4-11-32(33)35-15-8-14-34(31)42(35)36/h1-26H. The van der Waals surface area contributed by atoms with Crippen LogP contribution in [0.2, 0.25) is 0 Å². The van der Waals surface area contributed by atoms with E-state index in [1.165, 1.54) is 77.0 Å². The molecule has 1 aliphatic carbocycles. The summed E-state index contributed by atoms with van der Waals surface area (Å²) < 4.78 is 2.35. The second-order valence-corrected chi connectivity index (χ2v) is 12.0. The van der Waals surface area contributed by atoms with Crippen LogP contribution >= 0.6 is 0 Å². The summed E-state index contributed by atoms with van der Waals surface area (Å²) in [5.74, 6) is 0. The van der Waals surface area contributed by atoms with Crippen molar-refractivity contribution in [1.82, 2.24) is 9.55 Å². The monoisotopic (exact) mass is 570 g/mol. The maximum atomic E-state index is 4.84. The maximum Gasteiger partial charge on any atom is 0.0730 e. The van der Waals surface area contributed by atoms with Crippen LogP contribution in [0.25, 0.3) is 93.7 Å². The van der Waals surface area contributed by atoms with Gasteiger partial charge < -0.3 is 4.57 Å². The summed E-state index contributed by atoms with van der Waals surface area (Å²) in [4.78, 5) is 4.84. The molecule has 2 nitrogen and oxygen atoms in total. The molecule has 1 aliphatic rings. The third-order valence-corrected chi connectivity index (χ3v) is 9.60. The molecular weight excluding hydrogens is 544 g/mol. The summed E-state index contributed by atoms with van der Waals surface area (Å²) in [5.41, 5.74) is 14.7. The predicted octanol–water partition coefficient (Wildman–Crippen LogP) is 11.5. The fourth-order valence-electron chi connectivity index (χ4n) is 7.58. The fraction of sp³-hybridized carbons (Fsp3) is 0. The van der Waals surface area contributed by atoms with Gasteiger partial charge in [-0.05, 0) is 79.5 Å². The summed E-state index contributed by atoms with van der Waals surface area (Å²) in [6.45, 7) is 0. The highest BCUT2D eigenvalue weighted by molar-refractivity contribution is 6.21. The number of nitrogens with zero attached hydrogens (tertiary/aromatic N) is 2. The van der Waals surface area contributed by atoms with Crippen LogP contribution in [0.15, 0.2) is 158 Å². The first-order valence-corrected chi connectivity index (χ1v) is 15.5. The minimum Gasteiger partial charge on any atom is -0.308 e. The van der Waals surface area contributed by atoms with Crippen molar-refractivity contribution < 1.29 is 0 Å². The molecule has 0 fully saturated rings. The molecule has 0 aliphatic heterocycles. The minimum absolute atomic E-state index is 1.02. The van der Waals surface area contributed by atoms with Gasteiger partial charge in [-0.25, -0.2) is 0 Å². The van der Waals surface area contributed by atoms with Crippen molar-refractivity contribution in [3.63, 3.8) is 0 Å². The van der Waals surface area contributed by atoms with E-state index >= 15 is 0 Å². The number of rotatable bonds is 3. The number of hydrogen-bond donors (Lipinski definition) is 0. The zero-order valence-corrected chi connectivity index (χ0v) is 24.4. The molecule has 0 radical (unpaired) electrons. The largest absolute Gasteiger partial charge is 0.308 e. The van der Waals surface area contributed by atoms with Gasteiger partial charge >= 0.3 is 0 Å². The Kier molecular flexibility index (Phi) is 5.03. The average Bonchev–Trinajstić information content (AvgIpc) is 3.63. The number of pyridine rings is 1. The Morgan fingerprint density at radius 1 is 0.378 bits per heavy atom. The van der Waals surface area contributed by atoms with Gasteiger partial charge in [0, 0.05) is 21.8 Å². The third-order valence-electron chi connectivity index (χ3n) is 9.60. The molecule has 9 aromatic rings. The Bertz CT molecular complexity index is 2600. The SMILES string of the molecule is c1ccc(-n2c3cc(-c4ccc(-c5ccc6c7c(cccc57)-c5ccccc5-6)cc4)ccc3c3c4ccccc4ncc32)cc1. The van der Waals surface area contributed by atoms with Crippen LogP contribution in [-0.4, -0.2) is 9.55 Å². The lowest BCUT2D eigenvalue weighted by Gasteiger charge is -2.11. The third kappa shape index (κ3) is 3.48. The van der Waals surface area contributed by atoms with Gasteiger partial charge in [0.15, 0.2) is 0 Å². The van der Waals surface area contributed by atoms with E-state index in [0.29, 0.717) is 0 Å². The van der Waals surface area contributed by atoms with Crippen LogP contribution in [0.5, 0.6) is 0 Å². The van der Waals surface area contributed by atoms with Gasteiger partial charge in [0.1, 0.15) is 0 Å². The lowest BCUT2D eigenvalue weighted by atomic mass is 9.93. The van der Waals surface area contributed by atoms with Gasteiger partial charge in [0.2, 0.25) is 0 Å². The van der Waals surface area contributed by atoms with Crippen molar-refractivity contribution in [1.29, 1.82) is 0 Å². The van der Waals surface area contributed by atoms with E-state index in [1.807, 2.05) is 6.20 Å². The summed E-state index contributed by atoms with van der Waals surface area (Å²) in [7, 11) is 0. The van der Waals surface area contributed by atoms with Crippen molar-refractivity contribution in [3.05, 3.63) is 158 Å². The van der Waals surface area contributed by atoms with Crippen LogP contribution < -0.4 is 0 Å². The normalized spacial score (nSPS) is 12.0. The Hall–Kier alpha value is -5.99. The lowest BCUT2D eigenvalue weighted by molar-refractivity contribution is 1.17. The number of fused-ring (bicyclic) bond motifs is 8. The molecule has 208 valence electrons. The number of benzene rings is 7. The predicted molar refractivity (Wildman–Crippen MR) is 189 cm³/mol. The second kappa shape index (κ2) is 9.25. The molecule has 45 heavy (non-hydrogen) atoms. The van der Waals surface area contributed by atoms with Crippen LogP contribution in [-0.2, 0) is 0 Å². The highest BCUT2D eigenvalue weighted by Crippen LogP contribution is 2.49. The van der Waals surface area contributed by atoms with Gasteiger partial charge in [0.25, 0.3) is 0 Å². The van der Waals surface area contributed by atoms with E-state index in [9.17, 15) is 0 Å². The quantitative estimate of drug-likeness (QED) is 0.207. The smallest absolute Gasteiger partial charge is 0.0730 e. The van der Waals surface area contributed by atoms with Crippen LogP contribution in [0.1, 0.15) is 0 Å². The minimum atomic E-state index is 1.02. The molecule has 2 heterocycles.